The Morgan fingerprint density at radius 1 is 0.857 bits per heavy atom. The first-order chi connectivity index (χ1) is 13.7. The largest absolute Gasteiger partial charge is 0.454 e. The molecule has 1 amide bonds. The van der Waals surface area contributed by atoms with Crippen LogP contribution in [0.15, 0.2) is 72.8 Å². The Morgan fingerprint density at radius 2 is 1.61 bits per heavy atom. The fourth-order valence-corrected chi connectivity index (χ4v) is 3.46. The van der Waals surface area contributed by atoms with Gasteiger partial charge in [0.05, 0.1) is 5.69 Å². The van der Waals surface area contributed by atoms with Crippen LogP contribution in [0.3, 0.4) is 0 Å². The molecular weight excluding hydrogens is 356 g/mol. The summed E-state index contributed by atoms with van der Waals surface area (Å²) in [6, 6.07) is 23.0. The number of fused-ring (bicyclic) bond motifs is 1. The number of hydrogen-bond donors (Lipinski definition) is 0. The van der Waals surface area contributed by atoms with Crippen molar-refractivity contribution >= 4 is 17.5 Å². The number of carbonyl (C=O) groups is 1. The van der Waals surface area contributed by atoms with Gasteiger partial charge in [0, 0.05) is 11.3 Å². The summed E-state index contributed by atoms with van der Waals surface area (Å²) >= 11 is 0. The molecule has 0 spiro atoms. The van der Waals surface area contributed by atoms with E-state index in [1.54, 1.807) is 9.96 Å². The Kier molecular flexibility index (Phi) is 3.83. The zero-order valence-electron chi connectivity index (χ0n) is 15.2. The zero-order chi connectivity index (χ0) is 19.1. The number of benzene rings is 3. The molecular formula is C22H18N2O4. The topological polar surface area (TPSA) is 51.2 Å². The summed E-state index contributed by atoms with van der Waals surface area (Å²) in [4.78, 5) is 20.2. The highest BCUT2D eigenvalue weighted by Crippen LogP contribution is 2.42. The number of carbonyl (C=O) groups excluding carboxylic acids is 1. The van der Waals surface area contributed by atoms with Crippen LogP contribution in [0.4, 0.5) is 16.2 Å². The third kappa shape index (κ3) is 2.70. The zero-order valence-corrected chi connectivity index (χ0v) is 15.2. The van der Waals surface area contributed by atoms with Crippen LogP contribution in [-0.4, -0.2) is 12.9 Å². The molecule has 0 aliphatic carbocycles. The van der Waals surface area contributed by atoms with Crippen LogP contribution in [-0.2, 0) is 4.84 Å². The van der Waals surface area contributed by atoms with Gasteiger partial charge in [0.25, 0.3) is 0 Å². The van der Waals surface area contributed by atoms with Gasteiger partial charge in [0.1, 0.15) is 0 Å². The summed E-state index contributed by atoms with van der Waals surface area (Å²) in [6.07, 6.45) is -0.915. The van der Waals surface area contributed by atoms with Gasteiger partial charge in [0.2, 0.25) is 6.79 Å². The van der Waals surface area contributed by atoms with E-state index in [-0.39, 0.29) is 6.79 Å². The highest BCUT2D eigenvalue weighted by atomic mass is 16.7. The Balaban J connectivity index is 1.63. The lowest BCUT2D eigenvalue weighted by Gasteiger charge is -2.27. The van der Waals surface area contributed by atoms with Crippen LogP contribution in [0.1, 0.15) is 17.3 Å². The van der Waals surface area contributed by atoms with Crippen molar-refractivity contribution in [3.05, 3.63) is 83.9 Å². The predicted octanol–water partition coefficient (Wildman–Crippen LogP) is 4.80. The Hall–Kier alpha value is -3.67. The van der Waals surface area contributed by atoms with Gasteiger partial charge in [-0.25, -0.2) is 9.69 Å². The van der Waals surface area contributed by atoms with Gasteiger partial charge in [-0.2, -0.15) is 5.06 Å². The van der Waals surface area contributed by atoms with E-state index in [1.165, 1.54) is 0 Å². The second kappa shape index (κ2) is 6.49. The molecule has 3 aromatic carbocycles. The fraction of sp³-hybridized carbons (Fsp3) is 0.136. The number of aryl methyl sites for hydroxylation is 1. The van der Waals surface area contributed by atoms with Gasteiger partial charge in [-0.15, -0.1) is 0 Å². The van der Waals surface area contributed by atoms with E-state index in [0.29, 0.717) is 11.5 Å². The third-order valence-corrected chi connectivity index (χ3v) is 4.86. The summed E-state index contributed by atoms with van der Waals surface area (Å²) in [7, 11) is 0. The van der Waals surface area contributed by atoms with Crippen LogP contribution in [0.25, 0.3) is 0 Å². The molecule has 0 unspecified atom stereocenters. The molecule has 0 aromatic heterocycles. The van der Waals surface area contributed by atoms with Crippen LogP contribution in [0.5, 0.6) is 11.5 Å². The molecule has 140 valence electrons. The highest BCUT2D eigenvalue weighted by molar-refractivity contribution is 5.92. The first-order valence-electron chi connectivity index (χ1n) is 9.02. The van der Waals surface area contributed by atoms with Gasteiger partial charge >= 0.3 is 6.09 Å². The van der Waals surface area contributed by atoms with Crippen molar-refractivity contribution in [3.63, 3.8) is 0 Å². The molecule has 2 aliphatic heterocycles. The van der Waals surface area contributed by atoms with Crippen LogP contribution in [0.2, 0.25) is 0 Å². The Morgan fingerprint density at radius 3 is 2.39 bits per heavy atom. The van der Waals surface area contributed by atoms with Crippen LogP contribution >= 0.6 is 0 Å². The van der Waals surface area contributed by atoms with Crippen molar-refractivity contribution in [1.29, 1.82) is 0 Å². The third-order valence-electron chi connectivity index (χ3n) is 4.86. The summed E-state index contributed by atoms with van der Waals surface area (Å²) in [6.45, 7) is 2.22. The molecule has 28 heavy (non-hydrogen) atoms. The van der Waals surface area contributed by atoms with E-state index in [2.05, 4.69) is 0 Å². The number of nitrogens with zero attached hydrogens (tertiary/aromatic N) is 2. The smallest absolute Gasteiger partial charge is 0.440 e. The molecule has 0 radical (unpaired) electrons. The number of anilines is 2. The summed E-state index contributed by atoms with van der Waals surface area (Å²) in [5.74, 6) is 1.36. The van der Waals surface area contributed by atoms with Crippen molar-refractivity contribution in [2.24, 2.45) is 0 Å². The number of ether oxygens (including phenoxy) is 2. The normalized spacial score (nSPS) is 17.8. The fourth-order valence-electron chi connectivity index (χ4n) is 3.46. The van der Waals surface area contributed by atoms with E-state index in [0.717, 1.165) is 22.5 Å². The second-order valence-corrected chi connectivity index (χ2v) is 6.71. The molecule has 1 saturated heterocycles. The Labute approximate surface area is 162 Å². The number of hydrogen-bond acceptors (Lipinski definition) is 5. The molecule has 2 heterocycles. The SMILES string of the molecule is Cc1ccc(N2OC(=O)N(c3ccccc3)[C@H]2c2ccc3c(c2)OCO3)cc1. The maximum Gasteiger partial charge on any atom is 0.440 e. The van der Waals surface area contributed by atoms with Crippen molar-refractivity contribution in [3.8, 4) is 11.5 Å². The van der Waals surface area contributed by atoms with Gasteiger partial charge in [-0.3, -0.25) is 0 Å². The van der Waals surface area contributed by atoms with Crippen molar-refractivity contribution in [2.75, 3.05) is 16.8 Å². The second-order valence-electron chi connectivity index (χ2n) is 6.71. The number of amides is 1. The minimum Gasteiger partial charge on any atom is -0.454 e. The minimum atomic E-state index is -0.480. The molecule has 5 rings (SSSR count). The number of hydroxylamine groups is 1. The lowest BCUT2D eigenvalue weighted by atomic mass is 10.1. The maximum atomic E-state index is 12.8. The standard InChI is InChI=1S/C22H18N2O4/c1-15-7-10-18(11-8-15)24-21(16-9-12-19-20(13-16)27-14-26-19)23(22(25)28-24)17-5-3-2-4-6-17/h2-13,21H,14H2,1H3/t21-/m1/s1. The molecule has 2 aliphatic rings. The number of rotatable bonds is 3. The van der Waals surface area contributed by atoms with Crippen molar-refractivity contribution in [1.82, 2.24) is 0 Å². The molecule has 1 fully saturated rings. The molecule has 6 nitrogen and oxygen atoms in total. The maximum absolute atomic E-state index is 12.8. The van der Waals surface area contributed by atoms with Crippen LogP contribution < -0.4 is 19.4 Å². The highest BCUT2D eigenvalue weighted by Gasteiger charge is 2.43. The first-order valence-corrected chi connectivity index (χ1v) is 9.02. The molecule has 0 bridgehead atoms. The van der Waals surface area contributed by atoms with Gasteiger partial charge in [-0.05, 0) is 43.3 Å². The molecule has 0 saturated carbocycles. The van der Waals surface area contributed by atoms with E-state index < -0.39 is 12.3 Å². The monoisotopic (exact) mass is 374 g/mol. The lowest BCUT2D eigenvalue weighted by molar-refractivity contribution is 0.164. The van der Waals surface area contributed by atoms with Gasteiger partial charge in [-0.1, -0.05) is 42.0 Å². The summed E-state index contributed by atoms with van der Waals surface area (Å²) in [5, 5.41) is 1.63. The summed E-state index contributed by atoms with van der Waals surface area (Å²) < 4.78 is 11.0. The summed E-state index contributed by atoms with van der Waals surface area (Å²) in [5.41, 5.74) is 3.54. The van der Waals surface area contributed by atoms with E-state index in [4.69, 9.17) is 14.3 Å². The first kappa shape index (κ1) is 16.5. The quantitative estimate of drug-likeness (QED) is 0.659. The van der Waals surface area contributed by atoms with Crippen molar-refractivity contribution < 1.29 is 19.1 Å². The minimum absolute atomic E-state index is 0.197. The molecule has 6 heteroatoms. The van der Waals surface area contributed by atoms with Crippen LogP contribution in [0, 0.1) is 6.92 Å². The van der Waals surface area contributed by atoms with Gasteiger partial charge < -0.3 is 14.3 Å². The molecule has 1 atom stereocenters. The Bertz CT molecular complexity index is 1020. The molecule has 0 N–H and O–H groups in total. The van der Waals surface area contributed by atoms with Crippen molar-refractivity contribution in [2.45, 2.75) is 13.1 Å². The predicted molar refractivity (Wildman–Crippen MR) is 104 cm³/mol. The van der Waals surface area contributed by atoms with E-state index in [9.17, 15) is 4.79 Å². The average molecular weight is 374 g/mol. The number of para-hydroxylation sites is 1. The lowest BCUT2D eigenvalue weighted by Crippen LogP contribution is -2.31. The van der Waals surface area contributed by atoms with E-state index in [1.807, 2.05) is 79.7 Å². The average Bonchev–Trinajstić information content (AvgIpc) is 3.32. The van der Waals surface area contributed by atoms with E-state index >= 15 is 0 Å². The van der Waals surface area contributed by atoms with Gasteiger partial charge in [0.15, 0.2) is 17.7 Å². The molecule has 3 aromatic rings.